The third-order valence-electron chi connectivity index (χ3n) is 5.88. The zero-order chi connectivity index (χ0) is 23.8. The van der Waals surface area contributed by atoms with Gasteiger partial charge in [0.15, 0.2) is 0 Å². The number of amides is 1. The molecule has 176 valence electrons. The monoisotopic (exact) mass is 471 g/mol. The Morgan fingerprint density at radius 3 is 2.52 bits per heavy atom. The van der Waals surface area contributed by atoms with E-state index < -0.39 is 10.0 Å². The van der Waals surface area contributed by atoms with Gasteiger partial charge in [0.1, 0.15) is 11.6 Å². The van der Waals surface area contributed by atoms with Crippen molar-refractivity contribution >= 4 is 32.8 Å². The van der Waals surface area contributed by atoms with Gasteiger partial charge < -0.3 is 14.8 Å². The zero-order valence-corrected chi connectivity index (χ0v) is 19.9. The lowest BCUT2D eigenvalue weighted by Gasteiger charge is -2.23. The van der Waals surface area contributed by atoms with Crippen LogP contribution in [-0.2, 0) is 10.0 Å². The number of hydrogen-bond acceptors (Lipinski definition) is 6. The number of fused-ring (bicyclic) bond motifs is 1. The molecule has 1 aliphatic rings. The highest BCUT2D eigenvalue weighted by Gasteiger charge is 2.34. The van der Waals surface area contributed by atoms with Crippen molar-refractivity contribution in [3.63, 3.8) is 0 Å². The third kappa shape index (κ3) is 4.74. The van der Waals surface area contributed by atoms with Gasteiger partial charge in [0, 0.05) is 25.8 Å². The molecule has 4 rings (SSSR count). The molecule has 1 fully saturated rings. The number of aromatic nitrogens is 1. The molecule has 33 heavy (non-hydrogen) atoms. The Bertz CT molecular complexity index is 1280. The SMILES string of the molecule is CNC(=O)c1c(-c2ccc(C)cc2)oc2nc(N(CCCCO)S(C)(=O)=O)c(C3CC3)cc12. The van der Waals surface area contributed by atoms with Crippen LogP contribution in [0, 0.1) is 6.92 Å². The second kappa shape index (κ2) is 9.15. The second-order valence-corrected chi connectivity index (χ2v) is 10.5. The Labute approximate surface area is 193 Å². The number of aliphatic hydroxyl groups is 1. The topological polar surface area (TPSA) is 113 Å². The van der Waals surface area contributed by atoms with Crippen LogP contribution >= 0.6 is 0 Å². The molecule has 1 aliphatic carbocycles. The molecule has 0 aliphatic heterocycles. The first-order chi connectivity index (χ1) is 15.7. The first-order valence-corrected chi connectivity index (χ1v) is 12.9. The standard InChI is InChI=1S/C24H29N3O5S/c1-15-6-8-17(9-7-15)21-20(23(29)25-2)19-14-18(16-10-11-16)22(26-24(19)32-21)27(33(3,30)31)12-4-5-13-28/h6-9,14,16,28H,4-5,10-13H2,1-3H3,(H,25,29). The van der Waals surface area contributed by atoms with Crippen LogP contribution in [0.25, 0.3) is 22.4 Å². The van der Waals surface area contributed by atoms with Gasteiger partial charge in [0.2, 0.25) is 15.7 Å². The number of anilines is 1. The summed E-state index contributed by atoms with van der Waals surface area (Å²) in [6.45, 7) is 2.19. The summed E-state index contributed by atoms with van der Waals surface area (Å²) in [4.78, 5) is 17.5. The Hall–Kier alpha value is -2.91. The molecule has 1 aromatic carbocycles. The highest BCUT2D eigenvalue weighted by Crippen LogP contribution is 2.46. The molecule has 0 saturated heterocycles. The minimum Gasteiger partial charge on any atom is -0.437 e. The average Bonchev–Trinajstić information content (AvgIpc) is 3.55. The van der Waals surface area contributed by atoms with Gasteiger partial charge in [0.25, 0.3) is 5.91 Å². The van der Waals surface area contributed by atoms with Crippen LogP contribution in [0.15, 0.2) is 34.7 Å². The summed E-state index contributed by atoms with van der Waals surface area (Å²) in [5.74, 6) is 0.651. The summed E-state index contributed by atoms with van der Waals surface area (Å²) in [5, 5.41) is 12.4. The Morgan fingerprint density at radius 2 is 1.94 bits per heavy atom. The molecule has 8 nitrogen and oxygen atoms in total. The van der Waals surface area contributed by atoms with E-state index in [1.54, 1.807) is 7.05 Å². The van der Waals surface area contributed by atoms with Gasteiger partial charge >= 0.3 is 0 Å². The third-order valence-corrected chi connectivity index (χ3v) is 7.04. The molecular weight excluding hydrogens is 442 g/mol. The number of nitrogens with zero attached hydrogens (tertiary/aromatic N) is 2. The molecule has 1 amide bonds. The van der Waals surface area contributed by atoms with Crippen molar-refractivity contribution in [2.75, 3.05) is 30.8 Å². The number of unbranched alkanes of at least 4 members (excludes halogenated alkanes) is 1. The van der Waals surface area contributed by atoms with Gasteiger partial charge in [-0.25, -0.2) is 8.42 Å². The van der Waals surface area contributed by atoms with Crippen LogP contribution in [0.1, 0.15) is 53.1 Å². The Kier molecular flexibility index (Phi) is 6.45. The first-order valence-electron chi connectivity index (χ1n) is 11.1. The molecule has 0 spiro atoms. The molecule has 0 atom stereocenters. The van der Waals surface area contributed by atoms with Gasteiger partial charge in [-0.3, -0.25) is 9.10 Å². The van der Waals surface area contributed by atoms with E-state index in [1.807, 2.05) is 37.3 Å². The number of pyridine rings is 1. The fourth-order valence-corrected chi connectivity index (χ4v) is 4.90. The van der Waals surface area contributed by atoms with E-state index >= 15 is 0 Å². The lowest BCUT2D eigenvalue weighted by atomic mass is 10.0. The summed E-state index contributed by atoms with van der Waals surface area (Å²) < 4.78 is 32.7. The van der Waals surface area contributed by atoms with E-state index in [4.69, 9.17) is 9.52 Å². The molecule has 9 heteroatoms. The van der Waals surface area contributed by atoms with Crippen molar-refractivity contribution in [2.45, 2.75) is 38.5 Å². The number of carbonyl (C=O) groups excluding carboxylic acids is 1. The molecule has 0 bridgehead atoms. The van der Waals surface area contributed by atoms with Crippen molar-refractivity contribution in [1.82, 2.24) is 10.3 Å². The highest BCUT2D eigenvalue weighted by molar-refractivity contribution is 7.92. The summed E-state index contributed by atoms with van der Waals surface area (Å²) in [6.07, 6.45) is 4.03. The molecule has 2 aromatic heterocycles. The Morgan fingerprint density at radius 1 is 1.24 bits per heavy atom. The number of carbonyl (C=O) groups is 1. The van der Waals surface area contributed by atoms with Crippen LogP contribution < -0.4 is 9.62 Å². The van der Waals surface area contributed by atoms with E-state index in [0.29, 0.717) is 35.4 Å². The molecule has 0 unspecified atom stereocenters. The molecule has 1 saturated carbocycles. The van der Waals surface area contributed by atoms with E-state index in [2.05, 4.69) is 10.3 Å². The van der Waals surface area contributed by atoms with E-state index in [0.717, 1.165) is 35.8 Å². The number of benzene rings is 1. The van der Waals surface area contributed by atoms with Crippen LogP contribution in [0.4, 0.5) is 5.82 Å². The average molecular weight is 472 g/mol. The van der Waals surface area contributed by atoms with Gasteiger partial charge in [-0.05, 0) is 50.2 Å². The summed E-state index contributed by atoms with van der Waals surface area (Å²) in [5.41, 5.74) is 3.25. The Balaban J connectivity index is 1.93. The number of hydrogen-bond donors (Lipinski definition) is 2. The molecule has 3 aromatic rings. The number of furan rings is 1. The number of aryl methyl sites for hydroxylation is 1. The molecular formula is C24H29N3O5S. The van der Waals surface area contributed by atoms with E-state index in [-0.39, 0.29) is 30.7 Å². The van der Waals surface area contributed by atoms with Crippen molar-refractivity contribution in [1.29, 1.82) is 0 Å². The normalized spacial score (nSPS) is 13.9. The quantitative estimate of drug-likeness (QED) is 0.461. The number of aliphatic hydroxyl groups excluding tert-OH is 1. The predicted octanol–water partition coefficient (Wildman–Crippen LogP) is 3.58. The zero-order valence-electron chi connectivity index (χ0n) is 19.1. The maximum Gasteiger partial charge on any atom is 0.255 e. The van der Waals surface area contributed by atoms with Crippen LogP contribution in [-0.4, -0.2) is 50.9 Å². The van der Waals surface area contributed by atoms with Crippen LogP contribution in [0.2, 0.25) is 0 Å². The first kappa shape index (κ1) is 23.3. The van der Waals surface area contributed by atoms with E-state index in [9.17, 15) is 13.2 Å². The number of sulfonamides is 1. The lowest BCUT2D eigenvalue weighted by molar-refractivity contribution is 0.0964. The molecule has 0 radical (unpaired) electrons. The molecule has 2 N–H and O–H groups in total. The van der Waals surface area contributed by atoms with Crippen LogP contribution in [0.3, 0.4) is 0 Å². The maximum absolute atomic E-state index is 12.9. The minimum absolute atomic E-state index is 0.00681. The summed E-state index contributed by atoms with van der Waals surface area (Å²) in [6, 6.07) is 9.53. The largest absolute Gasteiger partial charge is 0.437 e. The van der Waals surface area contributed by atoms with Crippen molar-refractivity contribution in [3.05, 3.63) is 47.0 Å². The fourth-order valence-electron chi connectivity index (χ4n) is 3.98. The number of nitrogens with one attached hydrogen (secondary N) is 1. The van der Waals surface area contributed by atoms with Gasteiger partial charge in [-0.2, -0.15) is 4.98 Å². The lowest BCUT2D eigenvalue weighted by Crippen LogP contribution is -2.32. The molecule has 2 heterocycles. The van der Waals surface area contributed by atoms with Gasteiger partial charge in [0.05, 0.1) is 17.2 Å². The number of rotatable bonds is 9. The highest BCUT2D eigenvalue weighted by atomic mass is 32.2. The smallest absolute Gasteiger partial charge is 0.255 e. The second-order valence-electron chi connectivity index (χ2n) is 8.55. The summed E-state index contributed by atoms with van der Waals surface area (Å²) in [7, 11) is -2.04. The fraction of sp³-hybridized carbons (Fsp3) is 0.417. The maximum atomic E-state index is 12.9. The van der Waals surface area contributed by atoms with Gasteiger partial charge in [-0.15, -0.1) is 0 Å². The predicted molar refractivity (Wildman–Crippen MR) is 128 cm³/mol. The van der Waals surface area contributed by atoms with Crippen molar-refractivity contribution in [2.24, 2.45) is 0 Å². The van der Waals surface area contributed by atoms with Crippen molar-refractivity contribution < 1.29 is 22.7 Å². The van der Waals surface area contributed by atoms with Crippen molar-refractivity contribution in [3.8, 4) is 11.3 Å². The minimum atomic E-state index is -3.61. The van der Waals surface area contributed by atoms with Crippen LogP contribution in [0.5, 0.6) is 0 Å². The van der Waals surface area contributed by atoms with Gasteiger partial charge in [-0.1, -0.05) is 29.8 Å². The summed E-state index contributed by atoms with van der Waals surface area (Å²) >= 11 is 0. The van der Waals surface area contributed by atoms with E-state index in [1.165, 1.54) is 4.31 Å².